The van der Waals surface area contributed by atoms with Crippen LogP contribution in [0.2, 0.25) is 5.02 Å². The number of nitrogens with one attached hydrogen (secondary N) is 1. The number of hydrogen-bond donors (Lipinski definition) is 3. The van der Waals surface area contributed by atoms with Crippen LogP contribution in [0.15, 0.2) is 36.5 Å². The highest BCUT2D eigenvalue weighted by molar-refractivity contribution is 6.30. The van der Waals surface area contributed by atoms with Gasteiger partial charge in [0.2, 0.25) is 0 Å². The number of carbonyl (C=O) groups is 1. The molecule has 0 radical (unpaired) electrons. The van der Waals surface area contributed by atoms with Gasteiger partial charge in [0.1, 0.15) is 5.82 Å². The van der Waals surface area contributed by atoms with Gasteiger partial charge in [0.15, 0.2) is 0 Å². The van der Waals surface area contributed by atoms with E-state index in [1.165, 1.54) is 12.3 Å². The number of pyridine rings is 1. The lowest BCUT2D eigenvalue weighted by Crippen LogP contribution is -2.16. The Labute approximate surface area is 115 Å². The second-order valence-electron chi connectivity index (χ2n) is 4.01. The molecular formula is C13H13ClN4O. The van der Waals surface area contributed by atoms with Gasteiger partial charge in [-0.05, 0) is 23.8 Å². The number of hydrogen-bond acceptors (Lipinski definition) is 4. The third kappa shape index (κ3) is 3.35. The molecule has 1 aromatic carbocycles. The van der Waals surface area contributed by atoms with Gasteiger partial charge in [0.05, 0.1) is 17.4 Å². The molecule has 0 bridgehead atoms. The number of halogens is 1. The highest BCUT2D eigenvalue weighted by atomic mass is 35.5. The van der Waals surface area contributed by atoms with E-state index in [1.807, 2.05) is 12.1 Å². The SMILES string of the molecule is NC(=O)c1cc(N)cnc1NCc1ccc(Cl)cc1. The Morgan fingerprint density at radius 1 is 1.32 bits per heavy atom. The monoisotopic (exact) mass is 276 g/mol. The topological polar surface area (TPSA) is 94.0 Å². The normalized spacial score (nSPS) is 10.2. The minimum absolute atomic E-state index is 0.272. The number of rotatable bonds is 4. The Morgan fingerprint density at radius 2 is 2.00 bits per heavy atom. The summed E-state index contributed by atoms with van der Waals surface area (Å²) in [6, 6.07) is 8.86. The van der Waals surface area contributed by atoms with E-state index in [-0.39, 0.29) is 5.56 Å². The summed E-state index contributed by atoms with van der Waals surface area (Å²) in [5.74, 6) is -0.157. The van der Waals surface area contributed by atoms with E-state index in [4.69, 9.17) is 23.1 Å². The van der Waals surface area contributed by atoms with Gasteiger partial charge in [0, 0.05) is 11.6 Å². The van der Waals surface area contributed by atoms with Crippen molar-refractivity contribution in [2.24, 2.45) is 5.73 Å². The molecule has 0 aliphatic heterocycles. The first-order valence-corrected chi connectivity index (χ1v) is 5.97. The van der Waals surface area contributed by atoms with Crippen LogP contribution in [0.25, 0.3) is 0 Å². The zero-order chi connectivity index (χ0) is 13.8. The minimum Gasteiger partial charge on any atom is -0.397 e. The molecule has 5 nitrogen and oxygen atoms in total. The molecule has 0 unspecified atom stereocenters. The van der Waals surface area contributed by atoms with Crippen molar-refractivity contribution in [3.8, 4) is 0 Å². The number of aromatic nitrogens is 1. The maximum absolute atomic E-state index is 11.3. The first-order chi connectivity index (χ1) is 9.06. The Bertz CT molecular complexity index is 598. The van der Waals surface area contributed by atoms with E-state index in [2.05, 4.69) is 10.3 Å². The van der Waals surface area contributed by atoms with Crippen LogP contribution in [-0.2, 0) is 6.54 Å². The van der Waals surface area contributed by atoms with Gasteiger partial charge in [-0.15, -0.1) is 0 Å². The van der Waals surface area contributed by atoms with Crippen LogP contribution in [0.4, 0.5) is 11.5 Å². The van der Waals surface area contributed by atoms with Gasteiger partial charge in [-0.25, -0.2) is 4.98 Å². The molecule has 5 N–H and O–H groups in total. The Kier molecular flexibility index (Phi) is 3.87. The predicted octanol–water partition coefficient (Wildman–Crippen LogP) is 2.03. The molecule has 0 saturated heterocycles. The summed E-state index contributed by atoms with van der Waals surface area (Å²) in [7, 11) is 0. The van der Waals surface area contributed by atoms with Crippen molar-refractivity contribution in [2.75, 3.05) is 11.1 Å². The van der Waals surface area contributed by atoms with Crippen molar-refractivity contribution < 1.29 is 4.79 Å². The summed E-state index contributed by atoms with van der Waals surface area (Å²) in [5.41, 5.74) is 12.5. The molecule has 1 heterocycles. The Morgan fingerprint density at radius 3 is 2.63 bits per heavy atom. The van der Waals surface area contributed by atoms with Crippen LogP contribution in [0.5, 0.6) is 0 Å². The van der Waals surface area contributed by atoms with Gasteiger partial charge in [0.25, 0.3) is 5.91 Å². The van der Waals surface area contributed by atoms with E-state index in [0.29, 0.717) is 23.1 Å². The molecule has 0 spiro atoms. The average molecular weight is 277 g/mol. The van der Waals surface area contributed by atoms with E-state index >= 15 is 0 Å². The molecule has 0 fully saturated rings. The molecule has 19 heavy (non-hydrogen) atoms. The van der Waals surface area contributed by atoms with Crippen LogP contribution in [0, 0.1) is 0 Å². The predicted molar refractivity (Wildman–Crippen MR) is 75.9 cm³/mol. The smallest absolute Gasteiger partial charge is 0.252 e. The molecule has 0 aliphatic rings. The zero-order valence-electron chi connectivity index (χ0n) is 10.1. The van der Waals surface area contributed by atoms with E-state index < -0.39 is 5.91 Å². The third-order valence-corrected chi connectivity index (χ3v) is 2.80. The number of anilines is 2. The van der Waals surface area contributed by atoms with Gasteiger partial charge in [-0.1, -0.05) is 23.7 Å². The maximum Gasteiger partial charge on any atom is 0.252 e. The van der Waals surface area contributed by atoms with Crippen molar-refractivity contribution in [1.29, 1.82) is 0 Å². The molecule has 6 heteroatoms. The number of nitrogen functional groups attached to an aromatic ring is 1. The lowest BCUT2D eigenvalue weighted by atomic mass is 10.2. The fourth-order valence-corrected chi connectivity index (χ4v) is 1.72. The van der Waals surface area contributed by atoms with Crippen molar-refractivity contribution in [1.82, 2.24) is 4.98 Å². The summed E-state index contributed by atoms with van der Waals surface area (Å²) in [5, 5.41) is 3.72. The highest BCUT2D eigenvalue weighted by Crippen LogP contribution is 2.16. The second kappa shape index (κ2) is 5.58. The number of amides is 1. The summed E-state index contributed by atoms with van der Waals surface area (Å²) < 4.78 is 0. The van der Waals surface area contributed by atoms with Gasteiger partial charge < -0.3 is 16.8 Å². The lowest BCUT2D eigenvalue weighted by Gasteiger charge is -2.09. The van der Waals surface area contributed by atoms with Crippen LogP contribution in [-0.4, -0.2) is 10.9 Å². The van der Waals surface area contributed by atoms with E-state index in [0.717, 1.165) is 5.56 Å². The van der Waals surface area contributed by atoms with Crippen LogP contribution < -0.4 is 16.8 Å². The molecule has 1 amide bonds. The van der Waals surface area contributed by atoms with Crippen molar-refractivity contribution in [2.45, 2.75) is 6.54 Å². The van der Waals surface area contributed by atoms with Gasteiger partial charge in [-0.3, -0.25) is 4.79 Å². The Hall–Kier alpha value is -2.27. The quantitative estimate of drug-likeness (QED) is 0.796. The van der Waals surface area contributed by atoms with Crippen molar-refractivity contribution in [3.63, 3.8) is 0 Å². The largest absolute Gasteiger partial charge is 0.397 e. The zero-order valence-corrected chi connectivity index (χ0v) is 10.8. The van der Waals surface area contributed by atoms with Crippen LogP contribution in [0.1, 0.15) is 15.9 Å². The molecule has 98 valence electrons. The van der Waals surface area contributed by atoms with Gasteiger partial charge in [-0.2, -0.15) is 0 Å². The molecule has 2 aromatic rings. The first-order valence-electron chi connectivity index (χ1n) is 5.60. The number of primary amides is 1. The van der Waals surface area contributed by atoms with Crippen LogP contribution >= 0.6 is 11.6 Å². The molecule has 2 rings (SSSR count). The van der Waals surface area contributed by atoms with Crippen LogP contribution in [0.3, 0.4) is 0 Å². The number of nitrogens with zero attached hydrogens (tertiary/aromatic N) is 1. The summed E-state index contributed by atoms with van der Waals surface area (Å²) in [4.78, 5) is 15.4. The third-order valence-electron chi connectivity index (χ3n) is 2.55. The number of carbonyl (C=O) groups excluding carboxylic acids is 1. The lowest BCUT2D eigenvalue weighted by molar-refractivity contribution is 0.100. The van der Waals surface area contributed by atoms with E-state index in [1.54, 1.807) is 12.1 Å². The Balaban J connectivity index is 2.15. The fourth-order valence-electron chi connectivity index (χ4n) is 1.60. The molecule has 0 atom stereocenters. The summed E-state index contributed by atoms with van der Waals surface area (Å²) in [6.45, 7) is 0.508. The standard InChI is InChI=1S/C13H13ClN4O/c14-9-3-1-8(2-4-9)6-17-13-11(12(16)19)5-10(15)7-18-13/h1-5,7H,6,15H2,(H2,16,19)(H,17,18). The molecule has 0 aliphatic carbocycles. The fraction of sp³-hybridized carbons (Fsp3) is 0.0769. The highest BCUT2D eigenvalue weighted by Gasteiger charge is 2.09. The molecular weight excluding hydrogens is 264 g/mol. The average Bonchev–Trinajstić information content (AvgIpc) is 2.39. The second-order valence-corrected chi connectivity index (χ2v) is 4.45. The van der Waals surface area contributed by atoms with Crippen molar-refractivity contribution >= 4 is 29.0 Å². The summed E-state index contributed by atoms with van der Waals surface area (Å²) in [6.07, 6.45) is 1.47. The number of nitrogens with two attached hydrogens (primary N) is 2. The maximum atomic E-state index is 11.3. The van der Waals surface area contributed by atoms with Gasteiger partial charge >= 0.3 is 0 Å². The first kappa shape index (κ1) is 13.2. The molecule has 0 saturated carbocycles. The minimum atomic E-state index is -0.571. The van der Waals surface area contributed by atoms with Crippen molar-refractivity contribution in [3.05, 3.63) is 52.7 Å². The van der Waals surface area contributed by atoms with E-state index in [9.17, 15) is 4.79 Å². The molecule has 1 aromatic heterocycles. The number of benzene rings is 1. The summed E-state index contributed by atoms with van der Waals surface area (Å²) >= 11 is 5.81.